The lowest BCUT2D eigenvalue weighted by atomic mass is 10.2. The molecule has 3 heteroatoms. The maximum absolute atomic E-state index is 5.51. The summed E-state index contributed by atoms with van der Waals surface area (Å²) in [6.45, 7) is 0. The number of rotatable bonds is 3. The summed E-state index contributed by atoms with van der Waals surface area (Å²) in [6.07, 6.45) is 3.82. The molecule has 1 nitrogen and oxygen atoms in total. The fourth-order valence-electron chi connectivity index (χ4n) is 0.931. The second-order valence-electron chi connectivity index (χ2n) is 2.35. The zero-order chi connectivity index (χ0) is 9.52. The van der Waals surface area contributed by atoms with E-state index in [1.165, 1.54) is 0 Å². The van der Waals surface area contributed by atoms with E-state index in [0.29, 0.717) is 5.88 Å². The lowest BCUT2D eigenvalue weighted by Crippen LogP contribution is -1.71. The fourth-order valence-corrected chi connectivity index (χ4v) is 1.13. The average molecular weight is 210 g/mol. The first-order valence-electron chi connectivity index (χ1n) is 3.77. The van der Waals surface area contributed by atoms with Gasteiger partial charge in [0.1, 0.15) is 0 Å². The Morgan fingerprint density at radius 2 is 2.38 bits per heavy atom. The van der Waals surface area contributed by atoms with Crippen LogP contribution in [-0.4, -0.2) is 11.0 Å². The van der Waals surface area contributed by atoms with Crippen molar-refractivity contribution in [3.8, 4) is 0 Å². The summed E-state index contributed by atoms with van der Waals surface area (Å²) in [4.78, 5) is 3.87. The number of nitrogens with zero attached hydrogens (tertiary/aromatic N) is 1. The van der Waals surface area contributed by atoms with Crippen LogP contribution in [0.3, 0.4) is 0 Å². The third-order valence-electron chi connectivity index (χ3n) is 1.44. The molecule has 0 saturated carbocycles. The zero-order valence-electron chi connectivity index (χ0n) is 6.90. The fraction of sp³-hybridized carbons (Fsp3) is 0.100. The number of halogens is 1. The molecule has 13 heavy (non-hydrogen) atoms. The predicted octanol–water partition coefficient (Wildman–Crippen LogP) is 3.67. The average Bonchev–Trinajstić information content (AvgIpc) is 2.16. The first-order chi connectivity index (χ1) is 6.36. The Morgan fingerprint density at radius 1 is 1.54 bits per heavy atom. The normalized spacial score (nSPS) is 9.92. The molecule has 1 rings (SSSR count). The van der Waals surface area contributed by atoms with E-state index >= 15 is 0 Å². The van der Waals surface area contributed by atoms with E-state index in [4.69, 9.17) is 11.6 Å². The van der Waals surface area contributed by atoms with Crippen molar-refractivity contribution in [1.82, 2.24) is 0 Å². The highest BCUT2D eigenvalue weighted by atomic mass is 35.5. The Hall–Kier alpha value is -0.950. The summed E-state index contributed by atoms with van der Waals surface area (Å²) in [6, 6.07) is 7.69. The summed E-state index contributed by atoms with van der Waals surface area (Å²) in [5.74, 6) is 0.515. The molecule has 0 spiro atoms. The third-order valence-corrected chi connectivity index (χ3v) is 1.71. The Balaban J connectivity index is 2.91. The Kier molecular flexibility index (Phi) is 4.41. The van der Waals surface area contributed by atoms with Gasteiger partial charge in [-0.1, -0.05) is 24.3 Å². The van der Waals surface area contributed by atoms with Gasteiger partial charge in [-0.2, -0.15) is 4.99 Å². The number of benzene rings is 1. The lowest BCUT2D eigenvalue weighted by Gasteiger charge is -1.93. The third kappa shape index (κ3) is 3.51. The van der Waals surface area contributed by atoms with Crippen LogP contribution in [0.5, 0.6) is 0 Å². The van der Waals surface area contributed by atoms with Crippen LogP contribution < -0.4 is 0 Å². The van der Waals surface area contributed by atoms with Gasteiger partial charge in [-0.05, 0) is 29.9 Å². The highest BCUT2D eigenvalue weighted by molar-refractivity contribution is 7.78. The molecule has 0 N–H and O–H groups in total. The molecule has 1 aromatic carbocycles. The molecule has 1 aromatic rings. The van der Waals surface area contributed by atoms with Crippen molar-refractivity contribution < 1.29 is 0 Å². The number of aliphatic imine (C=N–C) groups is 1. The number of alkyl halides is 1. The number of isothiocyanates is 1. The maximum atomic E-state index is 5.51. The summed E-state index contributed by atoms with van der Waals surface area (Å²) in [5.41, 5.74) is 1.87. The first kappa shape index (κ1) is 10.1. The highest BCUT2D eigenvalue weighted by Crippen LogP contribution is 2.14. The van der Waals surface area contributed by atoms with Crippen molar-refractivity contribution in [2.24, 2.45) is 4.99 Å². The van der Waals surface area contributed by atoms with E-state index in [9.17, 15) is 0 Å². The van der Waals surface area contributed by atoms with Gasteiger partial charge < -0.3 is 0 Å². The minimum atomic E-state index is 0.515. The van der Waals surface area contributed by atoms with E-state index in [1.807, 2.05) is 36.4 Å². The molecular weight excluding hydrogens is 202 g/mol. The van der Waals surface area contributed by atoms with Gasteiger partial charge in [-0.3, -0.25) is 0 Å². The van der Waals surface area contributed by atoms with Crippen LogP contribution in [0, 0.1) is 0 Å². The molecule has 0 atom stereocenters. The second kappa shape index (κ2) is 5.65. The molecule has 0 bridgehead atoms. The van der Waals surface area contributed by atoms with Crippen LogP contribution in [0.1, 0.15) is 5.56 Å². The van der Waals surface area contributed by atoms with Gasteiger partial charge in [0.15, 0.2) is 0 Å². The quantitative estimate of drug-likeness (QED) is 0.420. The molecule has 0 aliphatic heterocycles. The highest BCUT2D eigenvalue weighted by Gasteiger charge is 1.89. The topological polar surface area (TPSA) is 12.4 Å². The van der Waals surface area contributed by atoms with Gasteiger partial charge in [-0.15, -0.1) is 11.6 Å². The Morgan fingerprint density at radius 3 is 3.08 bits per heavy atom. The van der Waals surface area contributed by atoms with Gasteiger partial charge in [0.05, 0.1) is 10.8 Å². The molecule has 0 aromatic heterocycles. The second-order valence-corrected chi connectivity index (χ2v) is 2.85. The molecule has 0 aliphatic rings. The number of allylic oxidation sites excluding steroid dienone is 1. The van der Waals surface area contributed by atoms with E-state index in [0.717, 1.165) is 11.3 Å². The van der Waals surface area contributed by atoms with Gasteiger partial charge in [0.25, 0.3) is 0 Å². The number of hydrogen-bond donors (Lipinski definition) is 0. The van der Waals surface area contributed by atoms with Crippen LogP contribution in [0.2, 0.25) is 0 Å². The van der Waals surface area contributed by atoms with Crippen LogP contribution in [0.4, 0.5) is 5.69 Å². The SMILES string of the molecule is S=C=Nc1cccc(C=CCCl)c1. The van der Waals surface area contributed by atoms with Crippen molar-refractivity contribution in [3.05, 3.63) is 35.9 Å². The molecule has 0 radical (unpaired) electrons. The minimum Gasteiger partial charge on any atom is -0.195 e. The maximum Gasteiger partial charge on any atom is 0.0745 e. The van der Waals surface area contributed by atoms with Gasteiger partial charge in [0.2, 0.25) is 0 Å². The minimum absolute atomic E-state index is 0.515. The van der Waals surface area contributed by atoms with Crippen molar-refractivity contribution in [3.63, 3.8) is 0 Å². The number of hydrogen-bond acceptors (Lipinski definition) is 2. The monoisotopic (exact) mass is 209 g/mol. The van der Waals surface area contributed by atoms with E-state index in [1.54, 1.807) is 0 Å². The van der Waals surface area contributed by atoms with Crippen molar-refractivity contribution >= 4 is 40.7 Å². The molecule has 0 fully saturated rings. The molecule has 0 amide bonds. The van der Waals surface area contributed by atoms with Crippen molar-refractivity contribution in [2.75, 3.05) is 5.88 Å². The van der Waals surface area contributed by atoms with E-state index in [-0.39, 0.29) is 0 Å². The molecule has 0 aliphatic carbocycles. The summed E-state index contributed by atoms with van der Waals surface area (Å²) >= 11 is 10.0. The van der Waals surface area contributed by atoms with Crippen LogP contribution >= 0.6 is 23.8 Å². The predicted molar refractivity (Wildman–Crippen MR) is 60.9 cm³/mol. The summed E-state index contributed by atoms with van der Waals surface area (Å²) < 4.78 is 0. The van der Waals surface area contributed by atoms with Crippen LogP contribution in [0.25, 0.3) is 6.08 Å². The lowest BCUT2D eigenvalue weighted by molar-refractivity contribution is 1.53. The Bertz CT molecular complexity index is 354. The van der Waals surface area contributed by atoms with Crippen LogP contribution in [0.15, 0.2) is 35.3 Å². The molecule has 0 unspecified atom stereocenters. The van der Waals surface area contributed by atoms with E-state index in [2.05, 4.69) is 22.4 Å². The largest absolute Gasteiger partial charge is 0.195 e. The van der Waals surface area contributed by atoms with Gasteiger partial charge in [-0.25, -0.2) is 0 Å². The van der Waals surface area contributed by atoms with Crippen LogP contribution in [-0.2, 0) is 0 Å². The number of thiocarbonyl (C=S) groups is 1. The van der Waals surface area contributed by atoms with E-state index < -0.39 is 0 Å². The molecular formula is C10H8ClNS. The molecule has 66 valence electrons. The first-order valence-corrected chi connectivity index (χ1v) is 4.71. The summed E-state index contributed by atoms with van der Waals surface area (Å²) in [7, 11) is 0. The van der Waals surface area contributed by atoms with Crippen molar-refractivity contribution in [2.45, 2.75) is 0 Å². The Labute approximate surface area is 87.8 Å². The standard InChI is InChI=1S/C10H8ClNS/c11-6-2-4-9-3-1-5-10(7-9)12-8-13/h1-5,7H,6H2. The smallest absolute Gasteiger partial charge is 0.0745 e. The summed E-state index contributed by atoms with van der Waals surface area (Å²) in [5, 5.41) is 2.33. The molecule has 0 heterocycles. The molecule has 0 saturated heterocycles. The zero-order valence-corrected chi connectivity index (χ0v) is 8.48. The van der Waals surface area contributed by atoms with Crippen molar-refractivity contribution in [1.29, 1.82) is 0 Å². The van der Waals surface area contributed by atoms with Gasteiger partial charge in [0, 0.05) is 5.88 Å². The van der Waals surface area contributed by atoms with Gasteiger partial charge >= 0.3 is 0 Å².